The highest BCUT2D eigenvalue weighted by atomic mass is 35.5. The number of carbonyl (C=O) groups is 1. The van der Waals surface area contributed by atoms with Crippen molar-refractivity contribution in [2.45, 2.75) is 31.7 Å². The molecule has 1 aliphatic heterocycles. The van der Waals surface area contributed by atoms with Gasteiger partial charge in [-0.15, -0.1) is 12.4 Å². The minimum Gasteiger partial charge on any atom is -0.326 e. The number of benzene rings is 2. The summed E-state index contributed by atoms with van der Waals surface area (Å²) in [6.07, 6.45) is 3.90. The van der Waals surface area contributed by atoms with Gasteiger partial charge in [0, 0.05) is 23.7 Å². The van der Waals surface area contributed by atoms with Crippen molar-refractivity contribution >= 4 is 24.0 Å². The Morgan fingerprint density at radius 3 is 2.57 bits per heavy atom. The van der Waals surface area contributed by atoms with Crippen LogP contribution in [-0.4, -0.2) is 18.5 Å². The maximum atomic E-state index is 12.2. The molecule has 1 saturated heterocycles. The van der Waals surface area contributed by atoms with Gasteiger partial charge in [0.2, 0.25) is 5.91 Å². The fourth-order valence-electron chi connectivity index (χ4n) is 2.98. The van der Waals surface area contributed by atoms with E-state index in [1.54, 1.807) is 0 Å². The monoisotopic (exact) mass is 330 g/mol. The second kappa shape index (κ2) is 8.70. The maximum absolute atomic E-state index is 12.2. The molecule has 0 radical (unpaired) electrons. The number of halogens is 1. The van der Waals surface area contributed by atoms with Gasteiger partial charge in [-0.05, 0) is 37.4 Å². The van der Waals surface area contributed by atoms with E-state index in [1.807, 2.05) is 42.5 Å². The lowest BCUT2D eigenvalue weighted by atomic mass is 10.0. The van der Waals surface area contributed by atoms with Crippen molar-refractivity contribution < 1.29 is 4.79 Å². The van der Waals surface area contributed by atoms with Gasteiger partial charge in [0.05, 0.1) is 0 Å². The molecule has 0 aliphatic carbocycles. The second-order valence-electron chi connectivity index (χ2n) is 5.79. The van der Waals surface area contributed by atoms with Crippen LogP contribution in [-0.2, 0) is 4.79 Å². The van der Waals surface area contributed by atoms with Gasteiger partial charge in [-0.3, -0.25) is 4.79 Å². The van der Waals surface area contributed by atoms with Gasteiger partial charge in [-0.1, -0.05) is 48.5 Å². The molecule has 2 aromatic carbocycles. The van der Waals surface area contributed by atoms with Crippen molar-refractivity contribution in [2.75, 3.05) is 11.9 Å². The first-order chi connectivity index (χ1) is 10.8. The topological polar surface area (TPSA) is 41.1 Å². The van der Waals surface area contributed by atoms with E-state index in [9.17, 15) is 4.79 Å². The Hall–Kier alpha value is -1.84. The van der Waals surface area contributed by atoms with Crippen LogP contribution in [0.25, 0.3) is 11.1 Å². The van der Waals surface area contributed by atoms with Crippen molar-refractivity contribution in [3.63, 3.8) is 0 Å². The normalized spacial score (nSPS) is 16.6. The average Bonchev–Trinajstić information content (AvgIpc) is 3.08. The van der Waals surface area contributed by atoms with Crippen molar-refractivity contribution in [2.24, 2.45) is 0 Å². The summed E-state index contributed by atoms with van der Waals surface area (Å²) in [4.78, 5) is 12.2. The molecule has 1 atom stereocenters. The molecule has 0 spiro atoms. The van der Waals surface area contributed by atoms with Gasteiger partial charge in [0.25, 0.3) is 0 Å². The summed E-state index contributed by atoms with van der Waals surface area (Å²) >= 11 is 0. The Kier molecular flexibility index (Phi) is 6.63. The molecular weight excluding hydrogens is 308 g/mol. The Morgan fingerprint density at radius 1 is 1.09 bits per heavy atom. The predicted molar refractivity (Wildman–Crippen MR) is 98.0 cm³/mol. The Bertz CT molecular complexity index is 624. The van der Waals surface area contributed by atoms with E-state index in [4.69, 9.17) is 0 Å². The first-order valence-electron chi connectivity index (χ1n) is 8.00. The number of hydrogen-bond acceptors (Lipinski definition) is 2. The molecule has 1 heterocycles. The average molecular weight is 331 g/mol. The van der Waals surface area contributed by atoms with Gasteiger partial charge in [0.1, 0.15) is 0 Å². The fourth-order valence-corrected chi connectivity index (χ4v) is 2.98. The van der Waals surface area contributed by atoms with E-state index in [2.05, 4.69) is 22.8 Å². The third-order valence-corrected chi connectivity index (χ3v) is 4.17. The van der Waals surface area contributed by atoms with Crippen LogP contribution in [0.4, 0.5) is 5.69 Å². The molecule has 0 bridgehead atoms. The zero-order valence-corrected chi connectivity index (χ0v) is 13.9. The van der Waals surface area contributed by atoms with E-state index in [0.29, 0.717) is 12.5 Å². The van der Waals surface area contributed by atoms with Gasteiger partial charge in [-0.25, -0.2) is 0 Å². The van der Waals surface area contributed by atoms with Crippen LogP contribution in [0.2, 0.25) is 0 Å². The van der Waals surface area contributed by atoms with Gasteiger partial charge >= 0.3 is 0 Å². The summed E-state index contributed by atoms with van der Waals surface area (Å²) in [5.41, 5.74) is 3.07. The summed E-state index contributed by atoms with van der Waals surface area (Å²) in [6.45, 7) is 1.09. The Morgan fingerprint density at radius 2 is 1.83 bits per heavy atom. The van der Waals surface area contributed by atoms with Crippen molar-refractivity contribution in [3.8, 4) is 11.1 Å². The Balaban J connectivity index is 0.00000192. The summed E-state index contributed by atoms with van der Waals surface area (Å²) in [6, 6.07) is 18.6. The highest BCUT2D eigenvalue weighted by molar-refractivity contribution is 5.95. The zero-order valence-electron chi connectivity index (χ0n) is 13.1. The van der Waals surface area contributed by atoms with Crippen LogP contribution in [0, 0.1) is 0 Å². The first-order valence-corrected chi connectivity index (χ1v) is 8.00. The molecule has 3 rings (SSSR count). The van der Waals surface area contributed by atoms with Crippen molar-refractivity contribution in [3.05, 3.63) is 54.6 Å². The smallest absolute Gasteiger partial charge is 0.224 e. The second-order valence-corrected chi connectivity index (χ2v) is 5.79. The molecule has 1 fully saturated rings. The number of hydrogen-bond donors (Lipinski definition) is 2. The molecule has 0 saturated carbocycles. The zero-order chi connectivity index (χ0) is 15.2. The largest absolute Gasteiger partial charge is 0.326 e. The molecule has 1 aliphatic rings. The quantitative estimate of drug-likeness (QED) is 0.860. The van der Waals surface area contributed by atoms with Crippen molar-refractivity contribution in [1.29, 1.82) is 0 Å². The molecule has 1 amide bonds. The van der Waals surface area contributed by atoms with E-state index < -0.39 is 0 Å². The molecule has 0 aromatic heterocycles. The number of rotatable bonds is 5. The standard InChI is InChI=1S/C19H22N2O.ClH/c22-19(13-12-16-9-6-14-20-16)21-18-11-5-4-10-17(18)15-7-2-1-3-8-15;/h1-5,7-8,10-11,16,20H,6,9,12-14H2,(H,21,22);1H. The van der Waals surface area contributed by atoms with Crippen LogP contribution < -0.4 is 10.6 Å². The molecule has 2 aromatic rings. The van der Waals surface area contributed by atoms with Crippen molar-refractivity contribution in [1.82, 2.24) is 5.32 Å². The highest BCUT2D eigenvalue weighted by Crippen LogP contribution is 2.27. The van der Waals surface area contributed by atoms with Gasteiger partial charge in [-0.2, -0.15) is 0 Å². The van der Waals surface area contributed by atoms with Crippen LogP contribution in [0.5, 0.6) is 0 Å². The lowest BCUT2D eigenvalue weighted by Crippen LogP contribution is -2.23. The number of nitrogens with one attached hydrogen (secondary N) is 2. The number of para-hydroxylation sites is 1. The van der Waals surface area contributed by atoms with Crippen LogP contribution in [0.1, 0.15) is 25.7 Å². The molecular formula is C19H23ClN2O. The molecule has 23 heavy (non-hydrogen) atoms. The lowest BCUT2D eigenvalue weighted by Gasteiger charge is -2.13. The highest BCUT2D eigenvalue weighted by Gasteiger charge is 2.15. The van der Waals surface area contributed by atoms with E-state index in [1.165, 1.54) is 12.8 Å². The molecule has 122 valence electrons. The fraction of sp³-hybridized carbons (Fsp3) is 0.316. The predicted octanol–water partition coefficient (Wildman–Crippen LogP) is 4.25. The number of amides is 1. The van der Waals surface area contributed by atoms with Gasteiger partial charge in [0.15, 0.2) is 0 Å². The first kappa shape index (κ1) is 17.5. The van der Waals surface area contributed by atoms with E-state index >= 15 is 0 Å². The minimum absolute atomic E-state index is 0. The third kappa shape index (κ3) is 4.81. The van der Waals surface area contributed by atoms with E-state index in [0.717, 1.165) is 29.8 Å². The van der Waals surface area contributed by atoms with Crippen LogP contribution in [0.15, 0.2) is 54.6 Å². The van der Waals surface area contributed by atoms with E-state index in [-0.39, 0.29) is 18.3 Å². The SMILES string of the molecule is Cl.O=C(CCC1CCCN1)Nc1ccccc1-c1ccccc1. The molecule has 4 heteroatoms. The maximum Gasteiger partial charge on any atom is 0.224 e. The van der Waals surface area contributed by atoms with Gasteiger partial charge < -0.3 is 10.6 Å². The van der Waals surface area contributed by atoms with Crippen LogP contribution in [0.3, 0.4) is 0 Å². The Labute approximate surface area is 143 Å². The minimum atomic E-state index is 0. The summed E-state index contributed by atoms with van der Waals surface area (Å²) in [5.74, 6) is 0.0945. The summed E-state index contributed by atoms with van der Waals surface area (Å²) in [7, 11) is 0. The molecule has 3 nitrogen and oxygen atoms in total. The summed E-state index contributed by atoms with van der Waals surface area (Å²) in [5, 5.41) is 6.50. The number of carbonyl (C=O) groups excluding carboxylic acids is 1. The summed E-state index contributed by atoms with van der Waals surface area (Å²) < 4.78 is 0. The van der Waals surface area contributed by atoms with Crippen LogP contribution >= 0.6 is 12.4 Å². The third-order valence-electron chi connectivity index (χ3n) is 4.17. The molecule has 1 unspecified atom stereocenters. The molecule has 2 N–H and O–H groups in total. The lowest BCUT2D eigenvalue weighted by molar-refractivity contribution is -0.116. The number of anilines is 1.